The summed E-state index contributed by atoms with van der Waals surface area (Å²) >= 11 is 8.21. The third-order valence-corrected chi connectivity index (χ3v) is 4.60. The highest BCUT2D eigenvalue weighted by Gasteiger charge is 2.24. The molecule has 104 valence electrons. The van der Waals surface area contributed by atoms with Gasteiger partial charge in [0.05, 0.1) is 17.7 Å². The number of nitrogens with zero attached hydrogens (tertiary/aromatic N) is 1. The summed E-state index contributed by atoms with van der Waals surface area (Å²) in [6.45, 7) is 2.57. The second-order valence-corrected chi connectivity index (χ2v) is 6.00. The molecule has 1 aromatic rings. The monoisotopic (exact) mass is 394 g/mol. The lowest BCUT2D eigenvalue weighted by Gasteiger charge is -2.33. The Morgan fingerprint density at radius 2 is 2.42 bits per heavy atom. The van der Waals surface area contributed by atoms with Crippen LogP contribution in [0.3, 0.4) is 0 Å². The molecule has 0 bridgehead atoms. The Kier molecular flexibility index (Phi) is 5.44. The van der Waals surface area contributed by atoms with E-state index >= 15 is 0 Å². The summed E-state index contributed by atoms with van der Waals surface area (Å²) < 4.78 is 6.54. The van der Waals surface area contributed by atoms with Crippen LogP contribution in [0.2, 0.25) is 5.02 Å². The van der Waals surface area contributed by atoms with E-state index in [4.69, 9.17) is 16.3 Å². The van der Waals surface area contributed by atoms with Crippen molar-refractivity contribution in [2.45, 2.75) is 6.10 Å². The molecule has 2 rings (SSSR count). The summed E-state index contributed by atoms with van der Waals surface area (Å²) in [5, 5.41) is 3.69. The number of rotatable bonds is 3. The highest BCUT2D eigenvalue weighted by Crippen LogP contribution is 2.21. The summed E-state index contributed by atoms with van der Waals surface area (Å²) in [4.78, 5) is 14.2. The summed E-state index contributed by atoms with van der Waals surface area (Å²) in [6.07, 6.45) is 0.0574. The average molecular weight is 395 g/mol. The van der Waals surface area contributed by atoms with E-state index < -0.39 is 0 Å². The Balaban J connectivity index is 2.08. The molecule has 1 atom stereocenters. The van der Waals surface area contributed by atoms with Gasteiger partial charge in [0.1, 0.15) is 0 Å². The van der Waals surface area contributed by atoms with Crippen molar-refractivity contribution in [2.75, 3.05) is 33.3 Å². The Labute approximate surface area is 131 Å². The Hall–Kier alpha value is -0.370. The van der Waals surface area contributed by atoms with Gasteiger partial charge in [-0.15, -0.1) is 0 Å². The first-order valence-corrected chi connectivity index (χ1v) is 7.58. The van der Waals surface area contributed by atoms with E-state index in [0.29, 0.717) is 30.3 Å². The van der Waals surface area contributed by atoms with Gasteiger partial charge < -0.3 is 15.0 Å². The quantitative estimate of drug-likeness (QED) is 0.798. The highest BCUT2D eigenvalue weighted by molar-refractivity contribution is 14.1. The normalized spacial score (nSPS) is 19.5. The number of amides is 1. The number of carbonyl (C=O) groups is 1. The molecule has 0 spiro atoms. The van der Waals surface area contributed by atoms with Crippen LogP contribution in [0.15, 0.2) is 18.2 Å². The number of halogens is 2. The number of likely N-dealkylation sites (N-methyl/N-ethyl adjacent to an activating group) is 1. The minimum atomic E-state index is 0.0164. The number of nitrogens with one attached hydrogen (secondary N) is 1. The van der Waals surface area contributed by atoms with Gasteiger partial charge in [-0.3, -0.25) is 4.79 Å². The first-order chi connectivity index (χ1) is 9.11. The topological polar surface area (TPSA) is 41.6 Å². The number of carbonyl (C=O) groups excluding carboxylic acids is 1. The van der Waals surface area contributed by atoms with Crippen LogP contribution in [0.25, 0.3) is 0 Å². The van der Waals surface area contributed by atoms with E-state index in [9.17, 15) is 4.79 Å². The molecule has 1 amide bonds. The molecule has 1 saturated heterocycles. The van der Waals surface area contributed by atoms with Gasteiger partial charge in [0.25, 0.3) is 5.91 Å². The van der Waals surface area contributed by atoms with E-state index in [1.807, 2.05) is 24.1 Å². The molecule has 4 nitrogen and oxygen atoms in total. The van der Waals surface area contributed by atoms with Crippen LogP contribution in [0.1, 0.15) is 10.4 Å². The number of ether oxygens (including phenoxy) is 1. The van der Waals surface area contributed by atoms with E-state index in [1.165, 1.54) is 0 Å². The van der Waals surface area contributed by atoms with Crippen LogP contribution in [-0.2, 0) is 4.74 Å². The average Bonchev–Trinajstić information content (AvgIpc) is 2.42. The standard InChI is InChI=1S/C13H16ClIN2O2/c1-16-7-10-8-17(4-5-19-10)13(18)9-2-3-12(15)11(14)6-9/h2-3,6,10,16H,4-5,7-8H2,1H3. The fourth-order valence-corrected chi connectivity index (χ4v) is 2.58. The molecule has 0 aromatic heterocycles. The zero-order valence-electron chi connectivity index (χ0n) is 10.7. The lowest BCUT2D eigenvalue weighted by atomic mass is 10.1. The Morgan fingerprint density at radius 3 is 3.11 bits per heavy atom. The maximum Gasteiger partial charge on any atom is 0.254 e. The zero-order chi connectivity index (χ0) is 13.8. The predicted molar refractivity (Wildman–Crippen MR) is 83.7 cm³/mol. The lowest BCUT2D eigenvalue weighted by Crippen LogP contribution is -2.48. The molecule has 1 N–H and O–H groups in total. The van der Waals surface area contributed by atoms with Crippen LogP contribution >= 0.6 is 34.2 Å². The number of hydrogen-bond donors (Lipinski definition) is 1. The van der Waals surface area contributed by atoms with E-state index in [1.54, 1.807) is 6.07 Å². The maximum absolute atomic E-state index is 12.4. The molecule has 0 aliphatic carbocycles. The Bertz CT molecular complexity index is 468. The van der Waals surface area contributed by atoms with Crippen molar-refractivity contribution in [1.29, 1.82) is 0 Å². The second kappa shape index (κ2) is 6.88. The molecule has 1 fully saturated rings. The molecule has 1 aliphatic heterocycles. The van der Waals surface area contributed by atoms with Gasteiger partial charge in [0.2, 0.25) is 0 Å². The van der Waals surface area contributed by atoms with Crippen molar-refractivity contribution in [3.63, 3.8) is 0 Å². The van der Waals surface area contributed by atoms with Crippen molar-refractivity contribution in [2.24, 2.45) is 0 Å². The van der Waals surface area contributed by atoms with Crippen LogP contribution < -0.4 is 5.32 Å². The van der Waals surface area contributed by atoms with Crippen molar-refractivity contribution in [3.8, 4) is 0 Å². The maximum atomic E-state index is 12.4. The van der Waals surface area contributed by atoms with Crippen molar-refractivity contribution >= 4 is 40.1 Å². The summed E-state index contributed by atoms with van der Waals surface area (Å²) in [7, 11) is 1.88. The fraction of sp³-hybridized carbons (Fsp3) is 0.462. The van der Waals surface area contributed by atoms with Gasteiger partial charge in [-0.1, -0.05) is 11.6 Å². The van der Waals surface area contributed by atoms with Crippen LogP contribution in [0.4, 0.5) is 0 Å². The molecule has 1 aliphatic rings. The molecule has 0 saturated carbocycles. The first kappa shape index (κ1) is 15.0. The molecule has 6 heteroatoms. The SMILES string of the molecule is CNCC1CN(C(=O)c2ccc(I)c(Cl)c2)CCO1. The smallest absolute Gasteiger partial charge is 0.254 e. The van der Waals surface area contributed by atoms with Crippen molar-refractivity contribution in [3.05, 3.63) is 32.4 Å². The molecular weight excluding hydrogens is 379 g/mol. The van der Waals surface area contributed by atoms with Gasteiger partial charge in [-0.25, -0.2) is 0 Å². The molecule has 19 heavy (non-hydrogen) atoms. The van der Waals surface area contributed by atoms with Gasteiger partial charge in [-0.05, 0) is 47.8 Å². The molecule has 1 aromatic carbocycles. The summed E-state index contributed by atoms with van der Waals surface area (Å²) in [6, 6.07) is 5.41. The summed E-state index contributed by atoms with van der Waals surface area (Å²) in [5.74, 6) is 0.0164. The highest BCUT2D eigenvalue weighted by atomic mass is 127. The second-order valence-electron chi connectivity index (χ2n) is 4.43. The third kappa shape index (κ3) is 3.81. The van der Waals surface area contributed by atoms with Gasteiger partial charge in [-0.2, -0.15) is 0 Å². The van der Waals surface area contributed by atoms with Crippen LogP contribution in [-0.4, -0.2) is 50.2 Å². The van der Waals surface area contributed by atoms with E-state index in [-0.39, 0.29) is 12.0 Å². The molecular formula is C13H16ClIN2O2. The van der Waals surface area contributed by atoms with Crippen molar-refractivity contribution in [1.82, 2.24) is 10.2 Å². The lowest BCUT2D eigenvalue weighted by molar-refractivity contribution is -0.0196. The largest absolute Gasteiger partial charge is 0.373 e. The number of hydrogen-bond acceptors (Lipinski definition) is 3. The molecule has 0 radical (unpaired) electrons. The number of morpholine rings is 1. The summed E-state index contributed by atoms with van der Waals surface area (Å²) in [5.41, 5.74) is 0.635. The fourth-order valence-electron chi connectivity index (χ4n) is 2.07. The Morgan fingerprint density at radius 1 is 1.63 bits per heavy atom. The minimum Gasteiger partial charge on any atom is -0.373 e. The van der Waals surface area contributed by atoms with Crippen LogP contribution in [0, 0.1) is 3.57 Å². The van der Waals surface area contributed by atoms with Gasteiger partial charge in [0, 0.05) is 28.8 Å². The first-order valence-electron chi connectivity index (χ1n) is 6.12. The van der Waals surface area contributed by atoms with E-state index in [0.717, 1.165) is 10.1 Å². The number of benzene rings is 1. The zero-order valence-corrected chi connectivity index (χ0v) is 13.6. The predicted octanol–water partition coefficient (Wildman–Crippen LogP) is 2.00. The van der Waals surface area contributed by atoms with Gasteiger partial charge >= 0.3 is 0 Å². The van der Waals surface area contributed by atoms with Crippen LogP contribution in [0.5, 0.6) is 0 Å². The molecule has 1 unspecified atom stereocenters. The van der Waals surface area contributed by atoms with Gasteiger partial charge in [0.15, 0.2) is 0 Å². The van der Waals surface area contributed by atoms with Crippen molar-refractivity contribution < 1.29 is 9.53 Å². The minimum absolute atomic E-state index is 0.0164. The molecule has 1 heterocycles. The van der Waals surface area contributed by atoms with E-state index in [2.05, 4.69) is 27.9 Å². The third-order valence-electron chi connectivity index (χ3n) is 3.02.